The van der Waals surface area contributed by atoms with Crippen LogP contribution in [0.15, 0.2) is 36.5 Å². The van der Waals surface area contributed by atoms with Crippen LogP contribution in [0.25, 0.3) is 16.9 Å². The molecule has 6 heteroatoms. The van der Waals surface area contributed by atoms with Crippen LogP contribution in [0.3, 0.4) is 0 Å². The van der Waals surface area contributed by atoms with E-state index in [0.717, 1.165) is 29.0 Å². The Morgan fingerprint density at radius 3 is 2.81 bits per heavy atom. The highest BCUT2D eigenvalue weighted by Gasteiger charge is 2.37. The highest BCUT2D eigenvalue weighted by Crippen LogP contribution is 2.40. The molecule has 0 radical (unpaired) electrons. The highest BCUT2D eigenvalue weighted by molar-refractivity contribution is 6.32. The van der Waals surface area contributed by atoms with Crippen LogP contribution in [0.4, 0.5) is 0 Å². The summed E-state index contributed by atoms with van der Waals surface area (Å²) in [7, 11) is 0. The van der Waals surface area contributed by atoms with Crippen molar-refractivity contribution in [2.75, 3.05) is 6.61 Å². The van der Waals surface area contributed by atoms with Gasteiger partial charge in [0.05, 0.1) is 21.9 Å². The van der Waals surface area contributed by atoms with Gasteiger partial charge < -0.3 is 10.1 Å². The molecule has 1 aromatic carbocycles. The fourth-order valence-corrected chi connectivity index (χ4v) is 4.31. The van der Waals surface area contributed by atoms with Crippen LogP contribution in [0.1, 0.15) is 44.7 Å². The molecule has 1 unspecified atom stereocenters. The lowest BCUT2D eigenvalue weighted by Crippen LogP contribution is -2.63. The van der Waals surface area contributed by atoms with Crippen molar-refractivity contribution in [3.63, 3.8) is 0 Å². The second-order valence-electron chi connectivity index (χ2n) is 8.19. The van der Waals surface area contributed by atoms with E-state index in [9.17, 15) is 0 Å². The average Bonchev–Trinajstić information content (AvgIpc) is 3.38. The van der Waals surface area contributed by atoms with Crippen molar-refractivity contribution in [3.05, 3.63) is 47.2 Å². The molecule has 0 bridgehead atoms. The van der Waals surface area contributed by atoms with Gasteiger partial charge in [-0.2, -0.15) is 5.10 Å². The molecular weight excluding hydrogens is 360 g/mol. The van der Waals surface area contributed by atoms with Gasteiger partial charge in [-0.05, 0) is 57.4 Å². The van der Waals surface area contributed by atoms with Crippen LogP contribution in [-0.4, -0.2) is 32.8 Å². The van der Waals surface area contributed by atoms with Crippen molar-refractivity contribution in [1.29, 1.82) is 0 Å². The normalized spacial score (nSPS) is 24.8. The molecule has 0 spiro atoms. The summed E-state index contributed by atoms with van der Waals surface area (Å²) in [6, 6.07) is 10.6. The third-order valence-corrected chi connectivity index (χ3v) is 5.79. The Morgan fingerprint density at radius 1 is 1.30 bits per heavy atom. The predicted octanol–water partition coefficient (Wildman–Crippen LogP) is 4.45. The van der Waals surface area contributed by atoms with Gasteiger partial charge in [-0.3, -0.25) is 0 Å². The number of halogens is 1. The first-order chi connectivity index (χ1) is 13.0. The van der Waals surface area contributed by atoms with Crippen LogP contribution in [0.2, 0.25) is 5.02 Å². The average molecular weight is 383 g/mol. The maximum absolute atomic E-state index is 6.52. The van der Waals surface area contributed by atoms with Crippen molar-refractivity contribution in [2.45, 2.75) is 50.6 Å². The number of hydrogen-bond donors (Lipinski definition) is 1. The van der Waals surface area contributed by atoms with Crippen molar-refractivity contribution in [1.82, 2.24) is 19.9 Å². The molecule has 1 saturated carbocycles. The Balaban J connectivity index is 1.41. The second-order valence-corrected chi connectivity index (χ2v) is 8.59. The lowest BCUT2D eigenvalue weighted by atomic mass is 9.85. The molecule has 140 valence electrons. The fourth-order valence-electron chi connectivity index (χ4n) is 4.07. The SMILES string of the molecule is CC1C[C@@](C)(COc2ccc(-c3ccnc4cc(C5CC5)nn34)cc2Cl)N1. The Labute approximate surface area is 163 Å². The molecule has 1 aliphatic carbocycles. The Hall–Kier alpha value is -2.11. The van der Waals surface area contributed by atoms with E-state index in [0.29, 0.717) is 29.3 Å². The monoisotopic (exact) mass is 382 g/mol. The van der Waals surface area contributed by atoms with Crippen molar-refractivity contribution in [2.24, 2.45) is 0 Å². The van der Waals surface area contributed by atoms with Gasteiger partial charge in [-0.1, -0.05) is 11.6 Å². The largest absolute Gasteiger partial charge is 0.490 e. The number of hydrogen-bond acceptors (Lipinski definition) is 4. The van der Waals surface area contributed by atoms with Gasteiger partial charge in [0, 0.05) is 29.8 Å². The fraction of sp³-hybridized carbons (Fsp3) is 0.429. The Kier molecular flexibility index (Phi) is 3.92. The molecule has 3 heterocycles. The van der Waals surface area contributed by atoms with Crippen LogP contribution in [-0.2, 0) is 0 Å². The van der Waals surface area contributed by atoms with Crippen molar-refractivity contribution < 1.29 is 4.74 Å². The smallest absolute Gasteiger partial charge is 0.155 e. The molecule has 2 fully saturated rings. The summed E-state index contributed by atoms with van der Waals surface area (Å²) < 4.78 is 7.90. The zero-order valence-corrected chi connectivity index (χ0v) is 16.3. The summed E-state index contributed by atoms with van der Waals surface area (Å²) in [6.45, 7) is 4.97. The van der Waals surface area contributed by atoms with Crippen LogP contribution in [0.5, 0.6) is 5.75 Å². The number of aromatic nitrogens is 3. The predicted molar refractivity (Wildman–Crippen MR) is 107 cm³/mol. The minimum Gasteiger partial charge on any atom is -0.490 e. The van der Waals surface area contributed by atoms with Gasteiger partial charge in [0.2, 0.25) is 0 Å². The summed E-state index contributed by atoms with van der Waals surface area (Å²) in [4.78, 5) is 4.45. The minimum atomic E-state index is 0.0347. The quantitative estimate of drug-likeness (QED) is 0.708. The zero-order chi connectivity index (χ0) is 18.6. The van der Waals surface area contributed by atoms with E-state index in [2.05, 4.69) is 30.2 Å². The number of nitrogens with zero attached hydrogens (tertiary/aromatic N) is 3. The first kappa shape index (κ1) is 17.0. The molecule has 27 heavy (non-hydrogen) atoms. The lowest BCUT2D eigenvalue weighted by molar-refractivity contribution is 0.0952. The van der Waals surface area contributed by atoms with Crippen LogP contribution in [0, 0.1) is 0 Å². The van der Waals surface area contributed by atoms with E-state index >= 15 is 0 Å². The van der Waals surface area contributed by atoms with E-state index < -0.39 is 0 Å². The summed E-state index contributed by atoms with van der Waals surface area (Å²) in [5.74, 6) is 1.32. The lowest BCUT2D eigenvalue weighted by Gasteiger charge is -2.45. The van der Waals surface area contributed by atoms with Crippen molar-refractivity contribution in [3.8, 4) is 17.0 Å². The molecule has 1 saturated heterocycles. The molecule has 5 rings (SSSR count). The third-order valence-electron chi connectivity index (χ3n) is 5.50. The van der Waals surface area contributed by atoms with E-state index in [-0.39, 0.29) is 5.54 Å². The van der Waals surface area contributed by atoms with Gasteiger partial charge in [0.25, 0.3) is 0 Å². The van der Waals surface area contributed by atoms with E-state index in [1.807, 2.05) is 35.0 Å². The highest BCUT2D eigenvalue weighted by atomic mass is 35.5. The van der Waals surface area contributed by atoms with E-state index in [4.69, 9.17) is 21.4 Å². The number of rotatable bonds is 5. The van der Waals surface area contributed by atoms with Gasteiger partial charge >= 0.3 is 0 Å². The molecule has 1 aliphatic heterocycles. The molecule has 3 aromatic rings. The zero-order valence-electron chi connectivity index (χ0n) is 15.6. The first-order valence-electron chi connectivity index (χ1n) is 9.56. The topological polar surface area (TPSA) is 51.5 Å². The number of nitrogens with one attached hydrogen (secondary N) is 1. The van der Waals surface area contributed by atoms with E-state index in [1.165, 1.54) is 12.8 Å². The molecule has 2 atom stereocenters. The molecule has 1 N–H and O–H groups in total. The maximum atomic E-state index is 6.52. The molecule has 0 amide bonds. The Bertz CT molecular complexity index is 1000. The summed E-state index contributed by atoms with van der Waals surface area (Å²) >= 11 is 6.52. The summed E-state index contributed by atoms with van der Waals surface area (Å²) in [5, 5.41) is 8.88. The third kappa shape index (κ3) is 3.19. The Morgan fingerprint density at radius 2 is 2.11 bits per heavy atom. The molecule has 2 aromatic heterocycles. The van der Waals surface area contributed by atoms with Gasteiger partial charge in [0.15, 0.2) is 5.65 Å². The van der Waals surface area contributed by atoms with Crippen molar-refractivity contribution >= 4 is 17.2 Å². The van der Waals surface area contributed by atoms with Crippen LogP contribution < -0.4 is 10.1 Å². The number of ether oxygens (including phenoxy) is 1. The molecule has 2 aliphatic rings. The summed E-state index contributed by atoms with van der Waals surface area (Å²) in [5.41, 5.74) is 4.04. The van der Waals surface area contributed by atoms with Gasteiger partial charge in [-0.25, -0.2) is 9.50 Å². The molecule has 5 nitrogen and oxygen atoms in total. The maximum Gasteiger partial charge on any atom is 0.155 e. The second kappa shape index (κ2) is 6.21. The number of benzene rings is 1. The first-order valence-corrected chi connectivity index (χ1v) is 9.94. The number of fused-ring (bicyclic) bond motifs is 1. The standard InChI is InChI=1S/C21H23ClN4O/c1-13-11-21(2,24-13)12-27-19-6-5-15(9-16(19)22)18-7-8-23-20-10-17(14-3-4-14)25-26(18)20/h5-10,13-14,24H,3-4,11-12H2,1-2H3/t13?,21-/m0/s1. The summed E-state index contributed by atoms with van der Waals surface area (Å²) in [6.07, 6.45) is 5.39. The van der Waals surface area contributed by atoms with Gasteiger partial charge in [-0.15, -0.1) is 0 Å². The molecular formula is C21H23ClN4O. The van der Waals surface area contributed by atoms with Gasteiger partial charge in [0.1, 0.15) is 12.4 Å². The van der Waals surface area contributed by atoms with Crippen LogP contribution >= 0.6 is 11.6 Å². The van der Waals surface area contributed by atoms with E-state index in [1.54, 1.807) is 0 Å². The minimum absolute atomic E-state index is 0.0347.